The van der Waals surface area contributed by atoms with Gasteiger partial charge in [-0.25, -0.2) is 4.39 Å². The van der Waals surface area contributed by atoms with Crippen molar-refractivity contribution in [1.29, 1.82) is 0 Å². The Bertz CT molecular complexity index is 800. The molecule has 0 radical (unpaired) electrons. The van der Waals surface area contributed by atoms with Crippen LogP contribution in [0.15, 0.2) is 48.5 Å². The van der Waals surface area contributed by atoms with Gasteiger partial charge in [-0.15, -0.1) is 0 Å². The Kier molecular flexibility index (Phi) is 6.23. The SMILES string of the molecule is CC(C(O)c1ccc(F)cc1)N1CCC(C2(c3ccc(Cl)cc3)OCCO2)CC1. The number of aliphatic hydroxyl groups is 1. The average Bonchev–Trinajstić information content (AvgIpc) is 3.25. The first-order valence-electron chi connectivity index (χ1n) is 10.2. The summed E-state index contributed by atoms with van der Waals surface area (Å²) in [6.45, 7) is 4.87. The molecule has 6 heteroatoms. The van der Waals surface area contributed by atoms with Gasteiger partial charge in [-0.3, -0.25) is 4.90 Å². The van der Waals surface area contributed by atoms with Gasteiger partial charge in [-0.1, -0.05) is 35.9 Å². The van der Waals surface area contributed by atoms with Crippen molar-refractivity contribution in [2.24, 2.45) is 5.92 Å². The monoisotopic (exact) mass is 419 g/mol. The van der Waals surface area contributed by atoms with Gasteiger partial charge >= 0.3 is 0 Å². The summed E-state index contributed by atoms with van der Waals surface area (Å²) in [6.07, 6.45) is 1.16. The highest BCUT2D eigenvalue weighted by Crippen LogP contribution is 2.44. The number of aliphatic hydroxyl groups excluding tert-OH is 1. The van der Waals surface area contributed by atoms with Crippen LogP contribution in [0.5, 0.6) is 0 Å². The van der Waals surface area contributed by atoms with Gasteiger partial charge in [-0.05, 0) is 62.7 Å². The van der Waals surface area contributed by atoms with Crippen molar-refractivity contribution in [3.05, 3.63) is 70.5 Å². The van der Waals surface area contributed by atoms with Crippen molar-refractivity contribution >= 4 is 11.6 Å². The van der Waals surface area contributed by atoms with E-state index in [1.807, 2.05) is 31.2 Å². The lowest BCUT2D eigenvalue weighted by molar-refractivity contribution is -0.215. The molecule has 2 saturated heterocycles. The number of hydrogen-bond acceptors (Lipinski definition) is 4. The number of ether oxygens (including phenoxy) is 2. The van der Waals surface area contributed by atoms with Crippen LogP contribution in [0.2, 0.25) is 5.02 Å². The van der Waals surface area contributed by atoms with Crippen LogP contribution < -0.4 is 0 Å². The zero-order valence-corrected chi connectivity index (χ0v) is 17.3. The third kappa shape index (κ3) is 4.21. The fourth-order valence-corrected chi connectivity index (χ4v) is 4.70. The predicted molar refractivity (Wildman–Crippen MR) is 110 cm³/mol. The van der Waals surface area contributed by atoms with Crippen molar-refractivity contribution in [2.45, 2.75) is 37.7 Å². The number of likely N-dealkylation sites (tertiary alicyclic amines) is 1. The molecule has 29 heavy (non-hydrogen) atoms. The molecule has 2 unspecified atom stereocenters. The summed E-state index contributed by atoms with van der Waals surface area (Å²) < 4.78 is 25.5. The van der Waals surface area contributed by atoms with E-state index in [0.29, 0.717) is 18.2 Å². The van der Waals surface area contributed by atoms with Gasteiger partial charge in [0.2, 0.25) is 0 Å². The van der Waals surface area contributed by atoms with Crippen molar-refractivity contribution in [1.82, 2.24) is 4.90 Å². The molecule has 2 heterocycles. The summed E-state index contributed by atoms with van der Waals surface area (Å²) >= 11 is 6.06. The van der Waals surface area contributed by atoms with Crippen LogP contribution >= 0.6 is 11.6 Å². The first kappa shape index (κ1) is 20.8. The third-order valence-corrected chi connectivity index (χ3v) is 6.53. The summed E-state index contributed by atoms with van der Waals surface area (Å²) in [5, 5.41) is 11.4. The lowest BCUT2D eigenvalue weighted by Gasteiger charge is -2.43. The summed E-state index contributed by atoms with van der Waals surface area (Å²) in [7, 11) is 0. The molecule has 2 aromatic rings. The molecule has 2 fully saturated rings. The van der Waals surface area contributed by atoms with Gasteiger partial charge < -0.3 is 14.6 Å². The molecule has 2 aliphatic rings. The molecule has 0 aromatic heterocycles. The molecular weight excluding hydrogens is 393 g/mol. The van der Waals surface area contributed by atoms with Gasteiger partial charge in [0, 0.05) is 22.5 Å². The van der Waals surface area contributed by atoms with Crippen molar-refractivity contribution < 1.29 is 19.0 Å². The molecule has 0 aliphatic carbocycles. The molecule has 2 aromatic carbocycles. The minimum Gasteiger partial charge on any atom is -0.387 e. The van der Waals surface area contributed by atoms with Crippen molar-refractivity contribution in [3.8, 4) is 0 Å². The summed E-state index contributed by atoms with van der Waals surface area (Å²) in [5.41, 5.74) is 1.75. The maximum Gasteiger partial charge on any atom is 0.197 e. The molecule has 0 saturated carbocycles. The molecule has 4 nitrogen and oxygen atoms in total. The maximum absolute atomic E-state index is 13.2. The Morgan fingerprint density at radius 3 is 2.21 bits per heavy atom. The molecule has 156 valence electrons. The molecule has 1 N–H and O–H groups in total. The largest absolute Gasteiger partial charge is 0.387 e. The zero-order valence-electron chi connectivity index (χ0n) is 16.6. The van der Waals surface area contributed by atoms with Gasteiger partial charge in [0.25, 0.3) is 0 Å². The molecule has 2 aliphatic heterocycles. The standard InChI is InChI=1S/C23H27ClFNO3/c1-16(22(27)17-2-8-21(25)9-3-17)26-12-10-19(11-13-26)23(28-14-15-29-23)18-4-6-20(24)7-5-18/h2-9,16,19,22,27H,10-15H2,1H3. The Morgan fingerprint density at radius 2 is 1.62 bits per heavy atom. The number of benzene rings is 2. The van der Waals surface area contributed by atoms with E-state index in [2.05, 4.69) is 4.90 Å². The van der Waals surface area contributed by atoms with Crippen LogP contribution in [0.1, 0.15) is 37.0 Å². The number of nitrogens with zero attached hydrogens (tertiary/aromatic N) is 1. The molecule has 2 atom stereocenters. The Hall–Kier alpha value is -1.50. The normalized spacial score (nSPS) is 22.5. The van der Waals surface area contributed by atoms with E-state index >= 15 is 0 Å². The molecule has 0 spiro atoms. The predicted octanol–water partition coefficient (Wildman–Crippen LogP) is 4.51. The van der Waals surface area contributed by atoms with Crippen LogP contribution in [-0.2, 0) is 15.3 Å². The number of hydrogen-bond donors (Lipinski definition) is 1. The van der Waals surface area contributed by atoms with E-state index < -0.39 is 11.9 Å². The lowest BCUT2D eigenvalue weighted by atomic mass is 9.83. The summed E-state index contributed by atoms with van der Waals surface area (Å²) in [6, 6.07) is 13.8. The van der Waals surface area contributed by atoms with E-state index in [0.717, 1.165) is 37.1 Å². The zero-order chi connectivity index (χ0) is 20.4. The first-order chi connectivity index (χ1) is 14.0. The smallest absolute Gasteiger partial charge is 0.197 e. The van der Waals surface area contributed by atoms with Crippen molar-refractivity contribution in [3.63, 3.8) is 0 Å². The van der Waals surface area contributed by atoms with Gasteiger partial charge in [0.1, 0.15) is 5.82 Å². The highest BCUT2D eigenvalue weighted by atomic mass is 35.5. The summed E-state index contributed by atoms with van der Waals surface area (Å²) in [5.74, 6) is -0.772. The third-order valence-electron chi connectivity index (χ3n) is 6.27. The second kappa shape index (κ2) is 8.70. The molecule has 4 rings (SSSR count). The van der Waals surface area contributed by atoms with Crippen LogP contribution in [-0.4, -0.2) is 42.4 Å². The van der Waals surface area contributed by atoms with Gasteiger partial charge in [0.15, 0.2) is 5.79 Å². The van der Waals surface area contributed by atoms with Gasteiger partial charge in [0.05, 0.1) is 19.3 Å². The fourth-order valence-electron chi connectivity index (χ4n) is 4.57. The summed E-state index contributed by atoms with van der Waals surface area (Å²) in [4.78, 5) is 2.29. The van der Waals surface area contributed by atoms with E-state index in [9.17, 15) is 9.50 Å². The molecule has 0 amide bonds. The van der Waals surface area contributed by atoms with Crippen LogP contribution in [0.3, 0.4) is 0 Å². The topological polar surface area (TPSA) is 41.9 Å². The van der Waals surface area contributed by atoms with E-state index in [1.165, 1.54) is 12.1 Å². The maximum atomic E-state index is 13.2. The van der Waals surface area contributed by atoms with Crippen molar-refractivity contribution in [2.75, 3.05) is 26.3 Å². The second-order valence-electron chi connectivity index (χ2n) is 7.92. The van der Waals surface area contributed by atoms with Crippen LogP contribution in [0, 0.1) is 11.7 Å². The highest BCUT2D eigenvalue weighted by Gasteiger charge is 2.47. The molecular formula is C23H27ClFNO3. The lowest BCUT2D eigenvalue weighted by Crippen LogP contribution is -2.48. The Labute approximate surface area is 176 Å². The van der Waals surface area contributed by atoms with Crippen LogP contribution in [0.4, 0.5) is 4.39 Å². The minimum atomic E-state index is -0.713. The highest BCUT2D eigenvalue weighted by molar-refractivity contribution is 6.30. The quantitative estimate of drug-likeness (QED) is 0.774. The Balaban J connectivity index is 1.44. The first-order valence-corrected chi connectivity index (χ1v) is 10.6. The Morgan fingerprint density at radius 1 is 1.03 bits per heavy atom. The number of piperidine rings is 1. The van der Waals surface area contributed by atoms with Gasteiger partial charge in [-0.2, -0.15) is 0 Å². The number of halogens is 2. The molecule has 0 bridgehead atoms. The van der Waals surface area contributed by atoms with Crippen LogP contribution in [0.25, 0.3) is 0 Å². The van der Waals surface area contributed by atoms with E-state index in [1.54, 1.807) is 12.1 Å². The fraction of sp³-hybridized carbons (Fsp3) is 0.478. The minimum absolute atomic E-state index is 0.0571. The number of rotatable bonds is 5. The van der Waals surface area contributed by atoms with E-state index in [-0.39, 0.29) is 17.8 Å². The average molecular weight is 420 g/mol. The second-order valence-corrected chi connectivity index (χ2v) is 8.35. The van der Waals surface area contributed by atoms with E-state index in [4.69, 9.17) is 21.1 Å².